The van der Waals surface area contributed by atoms with Crippen molar-refractivity contribution in [3.63, 3.8) is 0 Å². The molecule has 0 spiro atoms. The van der Waals surface area contributed by atoms with E-state index in [1.54, 1.807) is 12.1 Å². The monoisotopic (exact) mass is 263 g/mol. The van der Waals surface area contributed by atoms with Gasteiger partial charge in [-0.1, -0.05) is 32.4 Å². The van der Waals surface area contributed by atoms with E-state index in [0.717, 1.165) is 5.92 Å². The Morgan fingerprint density at radius 1 is 1.21 bits per heavy atom. The Morgan fingerprint density at radius 2 is 1.95 bits per heavy atom. The Hall–Kier alpha value is -0.890. The standard InChI is InChI=1S/C17H26FN/c1-14(2)6-5-13-19-12-4-3-7-17(19)15-8-10-16(18)11-9-15/h8-11,14,17H,3-7,12-13H2,1-2H3. The third-order valence-corrected chi connectivity index (χ3v) is 4.10. The van der Waals surface area contributed by atoms with Crippen LogP contribution in [-0.2, 0) is 0 Å². The van der Waals surface area contributed by atoms with Gasteiger partial charge < -0.3 is 0 Å². The molecule has 0 amide bonds. The van der Waals surface area contributed by atoms with Gasteiger partial charge in [0.25, 0.3) is 0 Å². The molecule has 1 aromatic carbocycles. The number of nitrogens with zero attached hydrogens (tertiary/aromatic N) is 1. The van der Waals surface area contributed by atoms with Crippen LogP contribution in [0.1, 0.15) is 57.6 Å². The second-order valence-electron chi connectivity index (χ2n) is 6.14. The predicted molar refractivity (Wildman–Crippen MR) is 78.6 cm³/mol. The van der Waals surface area contributed by atoms with Crippen molar-refractivity contribution in [3.8, 4) is 0 Å². The minimum absolute atomic E-state index is 0.133. The molecule has 0 aromatic heterocycles. The van der Waals surface area contributed by atoms with Gasteiger partial charge in [-0.15, -0.1) is 0 Å². The lowest BCUT2D eigenvalue weighted by atomic mass is 9.94. The third-order valence-electron chi connectivity index (χ3n) is 4.10. The molecule has 0 N–H and O–H groups in total. The fourth-order valence-corrected chi connectivity index (χ4v) is 3.02. The molecule has 1 aliphatic rings. The van der Waals surface area contributed by atoms with Crippen LogP contribution in [0.2, 0.25) is 0 Å². The summed E-state index contributed by atoms with van der Waals surface area (Å²) in [6.07, 6.45) is 6.39. The van der Waals surface area contributed by atoms with Crippen LogP contribution in [0.4, 0.5) is 4.39 Å². The topological polar surface area (TPSA) is 3.24 Å². The van der Waals surface area contributed by atoms with Crippen molar-refractivity contribution in [1.82, 2.24) is 4.90 Å². The molecule has 1 aliphatic heterocycles. The zero-order valence-corrected chi connectivity index (χ0v) is 12.2. The smallest absolute Gasteiger partial charge is 0.123 e. The van der Waals surface area contributed by atoms with Crippen LogP contribution in [0, 0.1) is 11.7 Å². The molecule has 106 valence electrons. The second kappa shape index (κ2) is 7.04. The highest BCUT2D eigenvalue weighted by molar-refractivity contribution is 5.20. The average Bonchev–Trinajstić information content (AvgIpc) is 2.40. The van der Waals surface area contributed by atoms with Crippen LogP contribution in [0.15, 0.2) is 24.3 Å². The Balaban J connectivity index is 1.97. The van der Waals surface area contributed by atoms with E-state index in [2.05, 4.69) is 18.7 Å². The van der Waals surface area contributed by atoms with E-state index in [4.69, 9.17) is 0 Å². The van der Waals surface area contributed by atoms with Gasteiger partial charge in [0.15, 0.2) is 0 Å². The Bertz CT molecular complexity index is 371. The highest BCUT2D eigenvalue weighted by atomic mass is 19.1. The van der Waals surface area contributed by atoms with Crippen LogP contribution < -0.4 is 0 Å². The van der Waals surface area contributed by atoms with Gasteiger partial charge in [-0.05, 0) is 62.4 Å². The van der Waals surface area contributed by atoms with Crippen molar-refractivity contribution >= 4 is 0 Å². The Labute approximate surface area is 116 Å². The average molecular weight is 263 g/mol. The molecule has 2 rings (SSSR count). The van der Waals surface area contributed by atoms with Crippen LogP contribution in [0.25, 0.3) is 0 Å². The fraction of sp³-hybridized carbons (Fsp3) is 0.647. The number of likely N-dealkylation sites (tertiary alicyclic amines) is 1. The molecule has 0 saturated carbocycles. The molecule has 1 nitrogen and oxygen atoms in total. The van der Waals surface area contributed by atoms with Crippen LogP contribution in [0.3, 0.4) is 0 Å². The lowest BCUT2D eigenvalue weighted by Crippen LogP contribution is -2.34. The SMILES string of the molecule is CC(C)CCCN1CCCCC1c1ccc(F)cc1. The molecule has 1 atom stereocenters. The van der Waals surface area contributed by atoms with Crippen molar-refractivity contribution < 1.29 is 4.39 Å². The molecule has 1 saturated heterocycles. The van der Waals surface area contributed by atoms with Crippen molar-refractivity contribution in [2.45, 2.75) is 52.0 Å². The minimum Gasteiger partial charge on any atom is -0.296 e. The van der Waals surface area contributed by atoms with Crippen LogP contribution >= 0.6 is 0 Å². The maximum absolute atomic E-state index is 13.0. The summed E-state index contributed by atoms with van der Waals surface area (Å²) in [6, 6.07) is 7.61. The molecular weight excluding hydrogens is 237 g/mol. The van der Waals surface area contributed by atoms with E-state index in [-0.39, 0.29) is 5.82 Å². The highest BCUT2D eigenvalue weighted by Gasteiger charge is 2.23. The van der Waals surface area contributed by atoms with Crippen molar-refractivity contribution in [2.24, 2.45) is 5.92 Å². The number of halogens is 1. The second-order valence-corrected chi connectivity index (χ2v) is 6.14. The number of benzene rings is 1. The molecule has 19 heavy (non-hydrogen) atoms. The van der Waals surface area contributed by atoms with Gasteiger partial charge in [-0.3, -0.25) is 4.90 Å². The first-order chi connectivity index (χ1) is 9.16. The largest absolute Gasteiger partial charge is 0.296 e. The summed E-state index contributed by atoms with van der Waals surface area (Å²) in [4.78, 5) is 2.60. The van der Waals surface area contributed by atoms with E-state index < -0.39 is 0 Å². The van der Waals surface area contributed by atoms with Gasteiger partial charge in [0.2, 0.25) is 0 Å². The molecule has 1 aromatic rings. The molecule has 2 heteroatoms. The van der Waals surface area contributed by atoms with Gasteiger partial charge in [0.1, 0.15) is 5.82 Å². The van der Waals surface area contributed by atoms with Gasteiger partial charge in [-0.25, -0.2) is 4.39 Å². The van der Waals surface area contributed by atoms with Crippen LogP contribution in [-0.4, -0.2) is 18.0 Å². The van der Waals surface area contributed by atoms with Crippen molar-refractivity contribution in [3.05, 3.63) is 35.6 Å². The van der Waals surface area contributed by atoms with Gasteiger partial charge in [-0.2, -0.15) is 0 Å². The third kappa shape index (κ3) is 4.31. The summed E-state index contributed by atoms with van der Waals surface area (Å²) in [6.45, 7) is 6.95. The first-order valence-electron chi connectivity index (χ1n) is 7.66. The first kappa shape index (κ1) is 14.5. The summed E-state index contributed by atoms with van der Waals surface area (Å²) < 4.78 is 13.0. The number of hydrogen-bond donors (Lipinski definition) is 0. The van der Waals surface area contributed by atoms with Crippen molar-refractivity contribution in [2.75, 3.05) is 13.1 Å². The van der Waals surface area contributed by atoms with E-state index in [1.807, 2.05) is 12.1 Å². The van der Waals surface area contributed by atoms with Gasteiger partial charge in [0.05, 0.1) is 0 Å². The maximum Gasteiger partial charge on any atom is 0.123 e. The highest BCUT2D eigenvalue weighted by Crippen LogP contribution is 2.31. The normalized spacial score (nSPS) is 20.9. The van der Waals surface area contributed by atoms with Gasteiger partial charge >= 0.3 is 0 Å². The Kier molecular flexibility index (Phi) is 5.38. The summed E-state index contributed by atoms with van der Waals surface area (Å²) >= 11 is 0. The van der Waals surface area contributed by atoms with Crippen LogP contribution in [0.5, 0.6) is 0 Å². The van der Waals surface area contributed by atoms with E-state index in [9.17, 15) is 4.39 Å². The Morgan fingerprint density at radius 3 is 2.63 bits per heavy atom. The maximum atomic E-state index is 13.0. The number of hydrogen-bond acceptors (Lipinski definition) is 1. The first-order valence-corrected chi connectivity index (χ1v) is 7.66. The van der Waals surface area contributed by atoms with Gasteiger partial charge in [0, 0.05) is 6.04 Å². The zero-order chi connectivity index (χ0) is 13.7. The molecule has 1 heterocycles. The minimum atomic E-state index is -0.133. The lowest BCUT2D eigenvalue weighted by Gasteiger charge is -2.36. The molecule has 0 radical (unpaired) electrons. The fourth-order valence-electron chi connectivity index (χ4n) is 3.02. The number of rotatable bonds is 5. The van der Waals surface area contributed by atoms with Crippen molar-refractivity contribution in [1.29, 1.82) is 0 Å². The molecule has 1 unspecified atom stereocenters. The van der Waals surface area contributed by atoms with E-state index in [0.29, 0.717) is 6.04 Å². The molecular formula is C17H26FN. The summed E-state index contributed by atoms with van der Waals surface area (Å²) in [5.74, 6) is 0.653. The van der Waals surface area contributed by atoms with E-state index >= 15 is 0 Å². The lowest BCUT2D eigenvalue weighted by molar-refractivity contribution is 0.144. The summed E-state index contributed by atoms with van der Waals surface area (Å²) in [7, 11) is 0. The summed E-state index contributed by atoms with van der Waals surface area (Å²) in [5, 5.41) is 0. The molecule has 0 aliphatic carbocycles. The molecule has 0 bridgehead atoms. The zero-order valence-electron chi connectivity index (χ0n) is 12.2. The van der Waals surface area contributed by atoms with E-state index in [1.165, 1.54) is 50.8 Å². The molecule has 1 fully saturated rings. The number of piperidine rings is 1. The quantitative estimate of drug-likeness (QED) is 0.738. The predicted octanol–water partition coefficient (Wildman–Crippen LogP) is 4.79. The summed E-state index contributed by atoms with van der Waals surface area (Å²) in [5.41, 5.74) is 1.28.